The Bertz CT molecular complexity index is 858. The molecule has 1 aromatic heterocycles. The van der Waals surface area contributed by atoms with Gasteiger partial charge < -0.3 is 21.5 Å². The van der Waals surface area contributed by atoms with Crippen LogP contribution in [0.1, 0.15) is 57.9 Å². The predicted octanol–water partition coefficient (Wildman–Crippen LogP) is 2.75. The molecule has 1 heterocycles. The molecule has 180 valence electrons. The zero-order valence-electron chi connectivity index (χ0n) is 20.1. The van der Waals surface area contributed by atoms with Crippen LogP contribution in [0.2, 0.25) is 0 Å². The summed E-state index contributed by atoms with van der Waals surface area (Å²) in [5.74, 6) is -0.281. The molecule has 0 radical (unpaired) electrons. The third-order valence-electron chi connectivity index (χ3n) is 5.40. The van der Waals surface area contributed by atoms with Gasteiger partial charge in [-0.05, 0) is 48.8 Å². The lowest BCUT2D eigenvalue weighted by Crippen LogP contribution is -2.55. The van der Waals surface area contributed by atoms with Gasteiger partial charge in [0.15, 0.2) is 0 Å². The van der Waals surface area contributed by atoms with Gasteiger partial charge in [-0.2, -0.15) is 0 Å². The van der Waals surface area contributed by atoms with Crippen molar-refractivity contribution in [3.8, 4) is 0 Å². The Balaban J connectivity index is 2.10. The Kier molecular flexibility index (Phi) is 10.5. The van der Waals surface area contributed by atoms with Crippen molar-refractivity contribution in [1.29, 1.82) is 0 Å². The maximum absolute atomic E-state index is 13.2. The van der Waals surface area contributed by atoms with Crippen LogP contribution in [0, 0.1) is 11.8 Å². The Labute approximate surface area is 197 Å². The van der Waals surface area contributed by atoms with Crippen LogP contribution in [-0.2, 0) is 16.0 Å². The number of benzene rings is 1. The minimum Gasteiger partial charge on any atom is -0.385 e. The number of hydrogen-bond donors (Lipinski definition) is 4. The molecule has 7 heteroatoms. The van der Waals surface area contributed by atoms with Gasteiger partial charge in [0.25, 0.3) is 0 Å². The average molecular weight is 455 g/mol. The molecule has 33 heavy (non-hydrogen) atoms. The molecule has 0 unspecified atom stereocenters. The first-order chi connectivity index (χ1) is 15.7. The summed E-state index contributed by atoms with van der Waals surface area (Å²) in [5, 5.41) is 16.7. The normalized spacial score (nSPS) is 15.0. The number of nitrogens with one attached hydrogen (secondary N) is 2. The van der Waals surface area contributed by atoms with E-state index in [0.717, 1.165) is 5.56 Å². The fourth-order valence-corrected chi connectivity index (χ4v) is 3.76. The van der Waals surface area contributed by atoms with E-state index in [1.807, 2.05) is 58.0 Å². The first kappa shape index (κ1) is 26.5. The summed E-state index contributed by atoms with van der Waals surface area (Å²) < 4.78 is 0. The second kappa shape index (κ2) is 13.1. The molecule has 0 aliphatic carbocycles. The number of nitrogens with two attached hydrogens (primary N) is 1. The lowest BCUT2D eigenvalue weighted by molar-refractivity contribution is -0.131. The first-order valence-electron chi connectivity index (χ1n) is 11.7. The van der Waals surface area contributed by atoms with Crippen LogP contribution in [0.25, 0.3) is 0 Å². The second-order valence-corrected chi connectivity index (χ2v) is 9.43. The molecule has 7 nitrogen and oxygen atoms in total. The number of carbonyl (C=O) groups excluding carboxylic acids is 2. The fourth-order valence-electron chi connectivity index (χ4n) is 3.76. The van der Waals surface area contributed by atoms with E-state index in [1.54, 1.807) is 24.4 Å². The molecule has 0 saturated carbocycles. The highest BCUT2D eigenvalue weighted by atomic mass is 16.3. The average Bonchev–Trinajstić information content (AvgIpc) is 2.78. The van der Waals surface area contributed by atoms with Crippen molar-refractivity contribution in [3.63, 3.8) is 0 Å². The number of aromatic nitrogens is 1. The zero-order chi connectivity index (χ0) is 24.4. The highest BCUT2D eigenvalue weighted by molar-refractivity contribution is 5.90. The van der Waals surface area contributed by atoms with Gasteiger partial charge in [0.1, 0.15) is 12.1 Å². The summed E-state index contributed by atoms with van der Waals surface area (Å²) in [7, 11) is 0. The van der Waals surface area contributed by atoms with Crippen LogP contribution in [0.4, 0.5) is 0 Å². The summed E-state index contributed by atoms with van der Waals surface area (Å²) in [6.45, 7) is 8.04. The summed E-state index contributed by atoms with van der Waals surface area (Å²) in [6.07, 6.45) is 2.08. The number of rotatable bonds is 12. The Morgan fingerprint density at radius 3 is 2.12 bits per heavy atom. The van der Waals surface area contributed by atoms with Gasteiger partial charge in [-0.1, -0.05) is 64.1 Å². The van der Waals surface area contributed by atoms with Crippen LogP contribution in [-0.4, -0.2) is 40.0 Å². The number of aliphatic hydroxyl groups excluding tert-OH is 1. The van der Waals surface area contributed by atoms with Gasteiger partial charge in [0, 0.05) is 6.20 Å². The molecule has 0 aliphatic heterocycles. The topological polar surface area (TPSA) is 117 Å². The van der Waals surface area contributed by atoms with Gasteiger partial charge in [0.05, 0.1) is 17.8 Å². The molecule has 4 atom stereocenters. The number of pyridine rings is 1. The maximum atomic E-state index is 13.2. The van der Waals surface area contributed by atoms with E-state index in [2.05, 4.69) is 15.6 Å². The fraction of sp³-hybridized carbons (Fsp3) is 0.500. The lowest BCUT2D eigenvalue weighted by atomic mass is 9.95. The molecule has 0 spiro atoms. The molecular weight excluding hydrogens is 416 g/mol. The first-order valence-corrected chi connectivity index (χ1v) is 11.7. The summed E-state index contributed by atoms with van der Waals surface area (Å²) in [5.41, 5.74) is 7.58. The lowest BCUT2D eigenvalue weighted by Gasteiger charge is -2.29. The molecule has 5 N–H and O–H groups in total. The standard InChI is InChI=1S/C26H38N4O3/c1-17(2)14-22(24(31)21-12-8-9-13-28-21)29-26(33)23(15-18(3)4)30-25(32)20(27)16-19-10-6-5-7-11-19/h5-13,17-18,20,22-24,31H,14-16,27H2,1-4H3,(H,29,33)(H,30,32)/t20-,22-,23-,24-/m0/s1. The van der Waals surface area contributed by atoms with E-state index in [9.17, 15) is 14.7 Å². The van der Waals surface area contributed by atoms with E-state index >= 15 is 0 Å². The van der Waals surface area contributed by atoms with Crippen LogP contribution >= 0.6 is 0 Å². The second-order valence-electron chi connectivity index (χ2n) is 9.43. The van der Waals surface area contributed by atoms with Crippen LogP contribution in [0.5, 0.6) is 0 Å². The van der Waals surface area contributed by atoms with Crippen LogP contribution in [0.15, 0.2) is 54.7 Å². The molecule has 0 saturated heterocycles. The maximum Gasteiger partial charge on any atom is 0.242 e. The Morgan fingerprint density at radius 2 is 1.55 bits per heavy atom. The highest BCUT2D eigenvalue weighted by Crippen LogP contribution is 2.20. The van der Waals surface area contributed by atoms with E-state index in [-0.39, 0.29) is 23.7 Å². The summed E-state index contributed by atoms with van der Waals surface area (Å²) >= 11 is 0. The smallest absolute Gasteiger partial charge is 0.242 e. The monoisotopic (exact) mass is 454 g/mol. The molecular formula is C26H38N4O3. The van der Waals surface area contributed by atoms with Gasteiger partial charge in [0.2, 0.25) is 11.8 Å². The SMILES string of the molecule is CC(C)C[C@H](NC(=O)[C@@H](N)Cc1ccccc1)C(=O)N[C@@H](CC(C)C)[C@@H](O)c1ccccn1. The largest absolute Gasteiger partial charge is 0.385 e. The minimum atomic E-state index is -0.951. The number of aliphatic hydroxyl groups is 1. The van der Waals surface area contributed by atoms with Crippen molar-refractivity contribution >= 4 is 11.8 Å². The van der Waals surface area contributed by atoms with Crippen LogP contribution < -0.4 is 16.4 Å². The van der Waals surface area contributed by atoms with E-state index in [1.165, 1.54) is 0 Å². The van der Waals surface area contributed by atoms with E-state index < -0.39 is 24.2 Å². The molecule has 0 fully saturated rings. The third-order valence-corrected chi connectivity index (χ3v) is 5.40. The van der Waals surface area contributed by atoms with Crippen molar-refractivity contribution < 1.29 is 14.7 Å². The van der Waals surface area contributed by atoms with Crippen LogP contribution in [0.3, 0.4) is 0 Å². The van der Waals surface area contributed by atoms with Crippen molar-refractivity contribution in [1.82, 2.24) is 15.6 Å². The van der Waals surface area contributed by atoms with Crippen molar-refractivity contribution in [3.05, 3.63) is 66.0 Å². The van der Waals surface area contributed by atoms with Crippen molar-refractivity contribution in [2.24, 2.45) is 17.6 Å². The van der Waals surface area contributed by atoms with Gasteiger partial charge in [-0.15, -0.1) is 0 Å². The molecule has 2 aromatic rings. The molecule has 1 aromatic carbocycles. The van der Waals surface area contributed by atoms with Gasteiger partial charge in [-0.25, -0.2) is 0 Å². The predicted molar refractivity (Wildman–Crippen MR) is 130 cm³/mol. The van der Waals surface area contributed by atoms with Gasteiger partial charge >= 0.3 is 0 Å². The highest BCUT2D eigenvalue weighted by Gasteiger charge is 2.30. The number of amides is 2. The molecule has 0 aliphatic rings. The number of nitrogens with zero attached hydrogens (tertiary/aromatic N) is 1. The molecule has 0 bridgehead atoms. The zero-order valence-corrected chi connectivity index (χ0v) is 20.1. The Hall–Kier alpha value is -2.77. The van der Waals surface area contributed by atoms with Crippen molar-refractivity contribution in [2.75, 3.05) is 0 Å². The summed E-state index contributed by atoms with van der Waals surface area (Å²) in [4.78, 5) is 30.2. The van der Waals surface area contributed by atoms with Gasteiger partial charge in [-0.3, -0.25) is 14.6 Å². The van der Waals surface area contributed by atoms with E-state index in [4.69, 9.17) is 5.73 Å². The Morgan fingerprint density at radius 1 is 0.909 bits per heavy atom. The summed E-state index contributed by atoms with van der Waals surface area (Å²) in [6, 6.07) is 12.8. The number of carbonyl (C=O) groups is 2. The minimum absolute atomic E-state index is 0.177. The van der Waals surface area contributed by atoms with E-state index in [0.29, 0.717) is 25.0 Å². The third kappa shape index (κ3) is 8.94. The molecule has 2 rings (SSSR count). The van der Waals surface area contributed by atoms with Crippen molar-refractivity contribution in [2.45, 2.75) is 71.2 Å². The molecule has 2 amide bonds. The quantitative estimate of drug-likeness (QED) is 0.393. The number of hydrogen-bond acceptors (Lipinski definition) is 5.